The van der Waals surface area contributed by atoms with Crippen LogP contribution < -0.4 is 5.32 Å². The van der Waals surface area contributed by atoms with E-state index in [4.69, 9.17) is 11.6 Å². The number of carbonyl (C=O) groups excluding carboxylic acids is 1. The zero-order valence-corrected chi connectivity index (χ0v) is 16.8. The fourth-order valence-corrected chi connectivity index (χ4v) is 5.10. The van der Waals surface area contributed by atoms with Crippen molar-refractivity contribution in [3.8, 4) is 6.07 Å². The maximum atomic E-state index is 12.4. The molecular weight excluding hydrogens is 404 g/mol. The molecule has 3 aromatic rings. The van der Waals surface area contributed by atoms with Crippen molar-refractivity contribution in [3.05, 3.63) is 49.5 Å². The summed E-state index contributed by atoms with van der Waals surface area (Å²) in [4.78, 5) is 20.1. The van der Waals surface area contributed by atoms with Gasteiger partial charge in [-0.2, -0.15) is 10.4 Å². The summed E-state index contributed by atoms with van der Waals surface area (Å²) in [6.07, 6.45) is 3.93. The summed E-state index contributed by atoms with van der Waals surface area (Å²) in [7, 11) is 1.76. The van der Waals surface area contributed by atoms with Crippen molar-refractivity contribution < 1.29 is 4.79 Å². The quantitative estimate of drug-likeness (QED) is 0.702. The minimum atomic E-state index is -0.257. The van der Waals surface area contributed by atoms with Crippen LogP contribution in [0.4, 0.5) is 5.00 Å². The number of rotatable bonds is 4. The molecule has 0 aliphatic carbocycles. The molecule has 0 saturated carbocycles. The fourth-order valence-electron chi connectivity index (χ4n) is 3.10. The number of aryl methyl sites for hydroxylation is 1. The highest BCUT2D eigenvalue weighted by molar-refractivity contribution is 7.16. The second-order valence-corrected chi connectivity index (χ2v) is 8.77. The van der Waals surface area contributed by atoms with Gasteiger partial charge in [-0.25, -0.2) is 4.98 Å². The number of fused-ring (bicyclic) bond motifs is 1. The summed E-state index contributed by atoms with van der Waals surface area (Å²) in [6.45, 7) is 2.29. The van der Waals surface area contributed by atoms with Crippen molar-refractivity contribution in [1.82, 2.24) is 19.7 Å². The van der Waals surface area contributed by atoms with Crippen LogP contribution in [0.15, 0.2) is 17.8 Å². The van der Waals surface area contributed by atoms with Crippen LogP contribution in [0.5, 0.6) is 0 Å². The molecule has 138 valence electrons. The number of halogens is 1. The number of amides is 1. The first kappa shape index (κ1) is 18.1. The number of nitrogens with zero attached hydrogens (tertiary/aromatic N) is 5. The smallest absolute Gasteiger partial charge is 0.259 e. The minimum Gasteiger partial charge on any atom is -0.312 e. The van der Waals surface area contributed by atoms with Crippen molar-refractivity contribution in [1.29, 1.82) is 5.26 Å². The molecule has 10 heteroatoms. The maximum absolute atomic E-state index is 12.4. The van der Waals surface area contributed by atoms with Gasteiger partial charge in [-0.1, -0.05) is 11.6 Å². The second kappa shape index (κ2) is 7.40. The third kappa shape index (κ3) is 3.75. The highest BCUT2D eigenvalue weighted by atomic mass is 35.5. The Morgan fingerprint density at radius 2 is 2.37 bits per heavy atom. The maximum Gasteiger partial charge on any atom is 0.259 e. The number of nitriles is 1. The van der Waals surface area contributed by atoms with Gasteiger partial charge in [0.2, 0.25) is 0 Å². The van der Waals surface area contributed by atoms with Gasteiger partial charge in [0.1, 0.15) is 11.1 Å². The zero-order chi connectivity index (χ0) is 19.0. The summed E-state index contributed by atoms with van der Waals surface area (Å²) in [5.74, 6) is -0.257. The summed E-state index contributed by atoms with van der Waals surface area (Å²) in [5, 5.41) is 19.1. The molecule has 27 heavy (non-hydrogen) atoms. The zero-order valence-electron chi connectivity index (χ0n) is 14.4. The number of nitrogens with one attached hydrogen (secondary N) is 1. The normalized spacial score (nSPS) is 14.0. The number of thiophene rings is 1. The van der Waals surface area contributed by atoms with Gasteiger partial charge in [-0.3, -0.25) is 14.4 Å². The molecular formula is C17H15ClN6OS2. The molecule has 1 amide bonds. The van der Waals surface area contributed by atoms with Crippen molar-refractivity contribution in [2.45, 2.75) is 19.5 Å². The van der Waals surface area contributed by atoms with E-state index in [1.165, 1.54) is 28.9 Å². The molecule has 0 aromatic carbocycles. The summed E-state index contributed by atoms with van der Waals surface area (Å²) in [6, 6.07) is 2.26. The lowest BCUT2D eigenvalue weighted by molar-refractivity contribution is 0.102. The Morgan fingerprint density at radius 3 is 3.04 bits per heavy atom. The number of thiazole rings is 1. The largest absolute Gasteiger partial charge is 0.312 e. The number of anilines is 1. The number of hydrogen-bond acceptors (Lipinski definition) is 7. The van der Waals surface area contributed by atoms with E-state index in [0.29, 0.717) is 20.6 Å². The van der Waals surface area contributed by atoms with Crippen LogP contribution in [0, 0.1) is 11.3 Å². The molecule has 1 aliphatic heterocycles. The van der Waals surface area contributed by atoms with Gasteiger partial charge < -0.3 is 5.32 Å². The summed E-state index contributed by atoms with van der Waals surface area (Å²) < 4.78 is 2.12. The van der Waals surface area contributed by atoms with Gasteiger partial charge in [0.15, 0.2) is 4.47 Å². The SMILES string of the molecule is Cn1cc(C(=O)Nc2sc3c(c2C#N)CCN(Cc2csc(Cl)n2)C3)cn1. The van der Waals surface area contributed by atoms with E-state index in [2.05, 4.69) is 26.4 Å². The van der Waals surface area contributed by atoms with Crippen LogP contribution in [-0.2, 0) is 26.6 Å². The molecule has 7 nitrogen and oxygen atoms in total. The van der Waals surface area contributed by atoms with Crippen LogP contribution in [0.2, 0.25) is 4.47 Å². The Morgan fingerprint density at radius 1 is 1.52 bits per heavy atom. The Balaban J connectivity index is 1.52. The van der Waals surface area contributed by atoms with Crippen molar-refractivity contribution in [3.63, 3.8) is 0 Å². The van der Waals surface area contributed by atoms with Crippen LogP contribution in [0.1, 0.15) is 32.1 Å². The minimum absolute atomic E-state index is 0.257. The van der Waals surface area contributed by atoms with Gasteiger partial charge in [0.25, 0.3) is 5.91 Å². The molecule has 1 N–H and O–H groups in total. The van der Waals surface area contributed by atoms with Crippen molar-refractivity contribution >= 4 is 45.2 Å². The average molecular weight is 419 g/mol. The highest BCUT2D eigenvalue weighted by Crippen LogP contribution is 2.37. The lowest BCUT2D eigenvalue weighted by Crippen LogP contribution is -2.29. The molecule has 1 aliphatic rings. The van der Waals surface area contributed by atoms with Crippen LogP contribution in [0.3, 0.4) is 0 Å². The van der Waals surface area contributed by atoms with Crippen LogP contribution >= 0.6 is 34.3 Å². The van der Waals surface area contributed by atoms with Crippen molar-refractivity contribution in [2.75, 3.05) is 11.9 Å². The fraction of sp³-hybridized carbons (Fsp3) is 0.294. The molecule has 3 aromatic heterocycles. The van der Waals surface area contributed by atoms with Gasteiger partial charge >= 0.3 is 0 Å². The molecule has 0 unspecified atom stereocenters. The van der Waals surface area contributed by atoms with E-state index in [-0.39, 0.29) is 5.91 Å². The van der Waals surface area contributed by atoms with Crippen LogP contribution in [-0.4, -0.2) is 32.1 Å². The lowest BCUT2D eigenvalue weighted by atomic mass is 10.0. The van der Waals surface area contributed by atoms with Crippen molar-refractivity contribution in [2.24, 2.45) is 7.05 Å². The molecule has 0 saturated heterocycles. The van der Waals surface area contributed by atoms with Gasteiger partial charge in [0, 0.05) is 43.1 Å². The molecule has 4 heterocycles. The summed E-state index contributed by atoms with van der Waals surface area (Å²) >= 11 is 8.81. The van der Waals surface area contributed by atoms with E-state index < -0.39 is 0 Å². The molecule has 0 bridgehead atoms. The lowest BCUT2D eigenvalue weighted by Gasteiger charge is -2.25. The first-order chi connectivity index (χ1) is 13.0. The van der Waals surface area contributed by atoms with Gasteiger partial charge in [-0.15, -0.1) is 22.7 Å². The highest BCUT2D eigenvalue weighted by Gasteiger charge is 2.26. The molecule has 0 atom stereocenters. The third-order valence-electron chi connectivity index (χ3n) is 4.35. The van der Waals surface area contributed by atoms with E-state index in [1.807, 2.05) is 5.38 Å². The molecule has 0 fully saturated rings. The number of aromatic nitrogens is 3. The van der Waals surface area contributed by atoms with E-state index >= 15 is 0 Å². The Kier molecular flexibility index (Phi) is 4.97. The number of carbonyl (C=O) groups is 1. The van der Waals surface area contributed by atoms with E-state index in [0.717, 1.165) is 42.2 Å². The van der Waals surface area contributed by atoms with Gasteiger partial charge in [-0.05, 0) is 12.0 Å². The predicted octanol–water partition coefficient (Wildman–Crippen LogP) is 3.27. The molecule has 4 rings (SSSR count). The first-order valence-corrected chi connectivity index (χ1v) is 10.3. The first-order valence-electron chi connectivity index (χ1n) is 8.20. The van der Waals surface area contributed by atoms with Crippen LogP contribution in [0.25, 0.3) is 0 Å². The van der Waals surface area contributed by atoms with Gasteiger partial charge in [0.05, 0.1) is 23.0 Å². The molecule has 0 radical (unpaired) electrons. The topological polar surface area (TPSA) is 86.8 Å². The standard InChI is InChI=1S/C17H15ClN6OS2/c1-23-6-10(5-20-23)15(25)22-16-13(4-19)12-2-3-24(8-14(12)27-16)7-11-9-26-17(18)21-11/h5-6,9H,2-3,7-8H2,1H3,(H,22,25). The monoisotopic (exact) mass is 418 g/mol. The average Bonchev–Trinajstić information content (AvgIpc) is 3.33. The summed E-state index contributed by atoms with van der Waals surface area (Å²) in [5.41, 5.74) is 3.03. The Labute approximate surface area is 168 Å². The third-order valence-corrected chi connectivity index (χ3v) is 6.51. The van der Waals surface area contributed by atoms with E-state index in [1.54, 1.807) is 17.9 Å². The predicted molar refractivity (Wildman–Crippen MR) is 105 cm³/mol. The second-order valence-electron chi connectivity index (χ2n) is 6.23. The number of hydrogen-bond donors (Lipinski definition) is 1. The Bertz CT molecular complexity index is 1050. The molecule has 0 spiro atoms. The van der Waals surface area contributed by atoms with E-state index in [9.17, 15) is 10.1 Å². The Hall–Kier alpha value is -2.25.